The predicted molar refractivity (Wildman–Crippen MR) is 121 cm³/mol. The summed E-state index contributed by atoms with van der Waals surface area (Å²) < 4.78 is 13.2. The molecule has 1 fully saturated rings. The number of nitrogens with zero attached hydrogens (tertiary/aromatic N) is 1. The fraction of sp³-hybridized carbons (Fsp3) is 0.375. The van der Waals surface area contributed by atoms with Gasteiger partial charge in [0.25, 0.3) is 0 Å². The smallest absolute Gasteiger partial charge is 0.411 e. The van der Waals surface area contributed by atoms with Crippen LogP contribution in [-0.4, -0.2) is 23.4 Å². The van der Waals surface area contributed by atoms with E-state index in [1.165, 1.54) is 6.42 Å². The lowest BCUT2D eigenvalue weighted by Gasteiger charge is -2.30. The molecule has 0 radical (unpaired) electrons. The molecule has 0 saturated heterocycles. The van der Waals surface area contributed by atoms with Gasteiger partial charge in [0.05, 0.1) is 29.6 Å². The maximum atomic E-state index is 11.9. The molecule has 4 rings (SSSR count). The molecule has 0 atom stereocenters. The normalized spacial score (nSPS) is 14.0. The highest BCUT2D eigenvalue weighted by Crippen LogP contribution is 2.44. The Balaban J connectivity index is 1.72. The summed E-state index contributed by atoms with van der Waals surface area (Å²) in [4.78, 5) is 11.9. The van der Waals surface area contributed by atoms with Crippen LogP contribution in [0.15, 0.2) is 42.5 Å². The summed E-state index contributed by atoms with van der Waals surface area (Å²) in [5, 5.41) is 3.78. The van der Waals surface area contributed by atoms with Crippen molar-refractivity contribution in [3.05, 3.63) is 42.5 Å². The molecular weight excluding hydrogens is 378 g/mol. The summed E-state index contributed by atoms with van der Waals surface area (Å²) in [6, 6.07) is 14.4. The average molecular weight is 408 g/mol. The van der Waals surface area contributed by atoms with Crippen LogP contribution in [0.4, 0.5) is 16.2 Å². The van der Waals surface area contributed by atoms with Crippen molar-refractivity contribution < 1.29 is 14.3 Å². The minimum Gasteiger partial charge on any atom is -0.494 e. The Labute approximate surface area is 177 Å². The van der Waals surface area contributed by atoms with Gasteiger partial charge in [0.2, 0.25) is 0 Å². The Morgan fingerprint density at radius 2 is 1.93 bits per heavy atom. The molecule has 3 aromatic rings. The third-order valence-corrected chi connectivity index (χ3v) is 5.51. The molecule has 1 heterocycles. The average Bonchev–Trinajstić information content (AvgIpc) is 2.93. The van der Waals surface area contributed by atoms with E-state index in [2.05, 4.69) is 16.0 Å². The van der Waals surface area contributed by atoms with E-state index in [0.717, 1.165) is 46.4 Å². The van der Waals surface area contributed by atoms with E-state index in [1.807, 2.05) is 57.2 Å². The monoisotopic (exact) mass is 407 g/mol. The number of carbonyl (C=O) groups is 1. The van der Waals surface area contributed by atoms with Gasteiger partial charge < -0.3 is 19.8 Å². The molecule has 0 bridgehead atoms. The van der Waals surface area contributed by atoms with Crippen LogP contribution in [0.5, 0.6) is 5.75 Å². The van der Waals surface area contributed by atoms with Crippen molar-refractivity contribution >= 4 is 28.4 Å². The van der Waals surface area contributed by atoms with Crippen LogP contribution in [0.3, 0.4) is 0 Å². The van der Waals surface area contributed by atoms with E-state index in [9.17, 15) is 4.79 Å². The van der Waals surface area contributed by atoms with Gasteiger partial charge in [-0.1, -0.05) is 12.1 Å². The van der Waals surface area contributed by atoms with Gasteiger partial charge in [-0.15, -0.1) is 0 Å². The highest BCUT2D eigenvalue weighted by Gasteiger charge is 2.27. The Morgan fingerprint density at radius 3 is 2.53 bits per heavy atom. The number of hydrogen-bond donors (Lipinski definition) is 2. The first-order valence-electron chi connectivity index (χ1n) is 10.6. The number of aromatic nitrogens is 1. The molecule has 6 nitrogen and oxygen atoms in total. The molecule has 1 aliphatic rings. The van der Waals surface area contributed by atoms with Crippen LogP contribution < -0.4 is 15.8 Å². The number of anilines is 2. The summed E-state index contributed by atoms with van der Waals surface area (Å²) in [7, 11) is 0. The summed E-state index contributed by atoms with van der Waals surface area (Å²) in [5.74, 6) is 0.831. The summed E-state index contributed by atoms with van der Waals surface area (Å²) in [6.07, 6.45) is 2.93. The van der Waals surface area contributed by atoms with E-state index < -0.39 is 6.09 Å². The first kappa shape index (κ1) is 20.1. The first-order valence-corrected chi connectivity index (χ1v) is 10.6. The van der Waals surface area contributed by atoms with E-state index in [0.29, 0.717) is 18.3 Å². The molecule has 0 aliphatic heterocycles. The minimum absolute atomic E-state index is 0.163. The van der Waals surface area contributed by atoms with Crippen LogP contribution >= 0.6 is 0 Å². The zero-order valence-electron chi connectivity index (χ0n) is 17.8. The van der Waals surface area contributed by atoms with Crippen molar-refractivity contribution in [2.24, 2.45) is 0 Å². The number of nitrogens with one attached hydrogen (secondary N) is 1. The number of benzene rings is 2. The SMILES string of the molecule is CCOc1ccc2c(c1)c(N)c(-c1ccc(NC(=O)OC(C)C)cc1)n2C1CCC1. The third-order valence-electron chi connectivity index (χ3n) is 5.51. The van der Waals surface area contributed by atoms with Gasteiger partial charge in [-0.3, -0.25) is 5.32 Å². The van der Waals surface area contributed by atoms with Crippen molar-refractivity contribution in [1.29, 1.82) is 0 Å². The fourth-order valence-electron chi connectivity index (χ4n) is 3.97. The van der Waals surface area contributed by atoms with Crippen molar-refractivity contribution in [3.63, 3.8) is 0 Å². The van der Waals surface area contributed by atoms with Gasteiger partial charge in [0, 0.05) is 22.7 Å². The Morgan fingerprint density at radius 1 is 1.20 bits per heavy atom. The number of amides is 1. The molecule has 1 amide bonds. The van der Waals surface area contributed by atoms with Crippen LogP contribution in [0, 0.1) is 0 Å². The Hall–Kier alpha value is -3.15. The summed E-state index contributed by atoms with van der Waals surface area (Å²) in [6.45, 7) is 6.24. The number of ether oxygens (including phenoxy) is 2. The van der Waals surface area contributed by atoms with E-state index in [-0.39, 0.29) is 6.10 Å². The number of nitrogen functional groups attached to an aromatic ring is 1. The summed E-state index contributed by atoms with van der Waals surface area (Å²) >= 11 is 0. The van der Waals surface area contributed by atoms with Gasteiger partial charge >= 0.3 is 6.09 Å². The number of hydrogen-bond acceptors (Lipinski definition) is 4. The lowest BCUT2D eigenvalue weighted by Crippen LogP contribution is -2.18. The van der Waals surface area contributed by atoms with E-state index in [4.69, 9.17) is 15.2 Å². The fourth-order valence-corrected chi connectivity index (χ4v) is 3.97. The zero-order chi connectivity index (χ0) is 21.3. The van der Waals surface area contributed by atoms with Gasteiger partial charge in [0.1, 0.15) is 5.75 Å². The molecule has 2 aromatic carbocycles. The first-order chi connectivity index (χ1) is 14.5. The Bertz CT molecular complexity index is 1050. The highest BCUT2D eigenvalue weighted by atomic mass is 16.6. The van der Waals surface area contributed by atoms with Crippen molar-refractivity contribution in [1.82, 2.24) is 4.57 Å². The number of rotatable bonds is 6. The van der Waals surface area contributed by atoms with Gasteiger partial charge in [-0.2, -0.15) is 0 Å². The van der Waals surface area contributed by atoms with Crippen molar-refractivity contribution in [2.75, 3.05) is 17.7 Å². The van der Waals surface area contributed by atoms with Crippen molar-refractivity contribution in [2.45, 2.75) is 52.2 Å². The molecule has 3 N–H and O–H groups in total. The molecule has 30 heavy (non-hydrogen) atoms. The Kier molecular flexibility index (Phi) is 5.57. The van der Waals surface area contributed by atoms with E-state index >= 15 is 0 Å². The zero-order valence-corrected chi connectivity index (χ0v) is 17.8. The van der Waals surface area contributed by atoms with Crippen LogP contribution in [0.1, 0.15) is 46.1 Å². The van der Waals surface area contributed by atoms with Gasteiger partial charge in [-0.25, -0.2) is 4.79 Å². The maximum Gasteiger partial charge on any atom is 0.411 e. The predicted octanol–water partition coefficient (Wildman–Crippen LogP) is 5.97. The number of nitrogens with two attached hydrogens (primary N) is 1. The molecule has 158 valence electrons. The van der Waals surface area contributed by atoms with Gasteiger partial charge in [-0.05, 0) is 70.4 Å². The largest absolute Gasteiger partial charge is 0.494 e. The number of carbonyl (C=O) groups excluding carboxylic acids is 1. The molecule has 6 heteroatoms. The second-order valence-corrected chi connectivity index (χ2v) is 7.99. The maximum absolute atomic E-state index is 11.9. The standard InChI is InChI=1S/C24H29N3O3/c1-4-29-19-12-13-21-20(14-19)22(25)23(27(21)18-6-5-7-18)16-8-10-17(11-9-16)26-24(28)30-15(2)3/h8-15,18H,4-7,25H2,1-3H3,(H,26,28). The van der Waals surface area contributed by atoms with Crippen LogP contribution in [0.25, 0.3) is 22.2 Å². The molecule has 1 aromatic heterocycles. The molecule has 0 unspecified atom stereocenters. The van der Waals surface area contributed by atoms with Gasteiger partial charge in [0.15, 0.2) is 0 Å². The molecule has 1 saturated carbocycles. The van der Waals surface area contributed by atoms with Crippen LogP contribution in [-0.2, 0) is 4.74 Å². The molecular formula is C24H29N3O3. The lowest BCUT2D eigenvalue weighted by molar-refractivity contribution is 0.130. The topological polar surface area (TPSA) is 78.5 Å². The molecule has 1 aliphatic carbocycles. The summed E-state index contributed by atoms with van der Waals surface area (Å²) in [5.41, 5.74) is 11.3. The quantitative estimate of drug-likeness (QED) is 0.527. The number of fused-ring (bicyclic) bond motifs is 1. The highest BCUT2D eigenvalue weighted by molar-refractivity contribution is 6.02. The van der Waals surface area contributed by atoms with E-state index in [1.54, 1.807) is 0 Å². The molecule has 0 spiro atoms. The second-order valence-electron chi connectivity index (χ2n) is 7.99. The minimum atomic E-state index is -0.454. The third kappa shape index (κ3) is 3.82. The van der Waals surface area contributed by atoms with Crippen molar-refractivity contribution in [3.8, 4) is 17.0 Å². The second kappa shape index (κ2) is 8.30. The van der Waals surface area contributed by atoms with Crippen LogP contribution in [0.2, 0.25) is 0 Å². The lowest BCUT2D eigenvalue weighted by atomic mass is 9.92.